The summed E-state index contributed by atoms with van der Waals surface area (Å²) in [6, 6.07) is 5.21. The Hall–Kier alpha value is -2.26. The van der Waals surface area contributed by atoms with Crippen molar-refractivity contribution in [2.45, 2.75) is 48.4 Å². The van der Waals surface area contributed by atoms with Gasteiger partial charge in [0, 0.05) is 0 Å². The Bertz CT molecular complexity index is 894. The predicted molar refractivity (Wildman–Crippen MR) is 96.5 cm³/mol. The highest BCUT2D eigenvalue weighted by atomic mass is 32.2. The van der Waals surface area contributed by atoms with E-state index in [1.54, 1.807) is 6.92 Å². The number of ether oxygens (including phenoxy) is 1. The zero-order chi connectivity index (χ0) is 22.8. The van der Waals surface area contributed by atoms with Crippen molar-refractivity contribution in [3.63, 3.8) is 0 Å². The number of aryl methyl sites for hydroxylation is 1. The standard InChI is InChI=1S/C17H22O12S/c1-7-2-4-8(5-3-7)30(26,27)29-17(25)16-14(24)11(21)13(23)15(28-16)12(22)10(20)9(19)6-18/h2-5,9-10,12-13,15-16,18-24H,6H2,1H3/t9-,10-,12+,13+,15+,16?/m1/s1. The molecule has 0 bridgehead atoms. The molecule has 6 atom stereocenters. The minimum Gasteiger partial charge on any atom is -0.506 e. The molecular weight excluding hydrogens is 428 g/mol. The summed E-state index contributed by atoms with van der Waals surface area (Å²) in [5.74, 6) is -4.22. The predicted octanol–water partition coefficient (Wildman–Crippen LogP) is -2.24. The highest BCUT2D eigenvalue weighted by molar-refractivity contribution is 7.87. The lowest BCUT2D eigenvalue weighted by atomic mass is 9.95. The molecule has 0 amide bonds. The molecule has 0 radical (unpaired) electrons. The molecule has 0 aliphatic carbocycles. The Kier molecular flexibility index (Phi) is 7.41. The summed E-state index contributed by atoms with van der Waals surface area (Å²) < 4.78 is 33.8. The highest BCUT2D eigenvalue weighted by Crippen LogP contribution is 2.28. The molecule has 0 saturated carbocycles. The number of hydrogen-bond acceptors (Lipinski definition) is 12. The van der Waals surface area contributed by atoms with Gasteiger partial charge in [-0.25, -0.2) is 4.79 Å². The maximum Gasteiger partial charge on any atom is 0.359 e. The van der Waals surface area contributed by atoms with Gasteiger partial charge in [-0.3, -0.25) is 0 Å². The molecule has 1 aromatic carbocycles. The molecule has 7 N–H and O–H groups in total. The van der Waals surface area contributed by atoms with Crippen molar-refractivity contribution >= 4 is 16.1 Å². The molecule has 168 valence electrons. The first-order chi connectivity index (χ1) is 13.9. The second-order valence-corrected chi connectivity index (χ2v) is 8.14. The third kappa shape index (κ3) is 4.89. The smallest absolute Gasteiger partial charge is 0.359 e. The first-order valence-electron chi connectivity index (χ1n) is 8.56. The Morgan fingerprint density at radius 3 is 2.23 bits per heavy atom. The van der Waals surface area contributed by atoms with Gasteiger partial charge in [0.25, 0.3) is 0 Å². The molecule has 12 nitrogen and oxygen atoms in total. The summed E-state index contributed by atoms with van der Waals surface area (Å²) >= 11 is 0. The molecule has 0 fully saturated rings. The maximum atomic E-state index is 12.3. The topological polar surface area (TPSA) is 211 Å². The van der Waals surface area contributed by atoms with Crippen LogP contribution in [0, 0.1) is 6.92 Å². The van der Waals surface area contributed by atoms with Crippen LogP contribution in [0.25, 0.3) is 0 Å². The lowest BCUT2D eigenvalue weighted by Gasteiger charge is -2.36. The average Bonchev–Trinajstić information content (AvgIpc) is 2.70. The third-order valence-electron chi connectivity index (χ3n) is 4.38. The van der Waals surface area contributed by atoms with Gasteiger partial charge in [-0.1, -0.05) is 17.7 Å². The van der Waals surface area contributed by atoms with Crippen molar-refractivity contribution in [2.24, 2.45) is 0 Å². The van der Waals surface area contributed by atoms with Crippen molar-refractivity contribution in [1.82, 2.24) is 0 Å². The van der Waals surface area contributed by atoms with Gasteiger partial charge in [0.05, 0.1) is 6.61 Å². The molecule has 2 rings (SSSR count). The monoisotopic (exact) mass is 450 g/mol. The molecule has 1 unspecified atom stereocenters. The first-order valence-corrected chi connectivity index (χ1v) is 9.97. The summed E-state index contributed by atoms with van der Waals surface area (Å²) in [4.78, 5) is 11.9. The van der Waals surface area contributed by atoms with E-state index in [0.29, 0.717) is 0 Å². The SMILES string of the molecule is Cc1ccc(S(=O)(=O)OC(=O)C2O[C@@H]([C@@H](O)[C@H](O)[C@H](O)CO)[C@@H](O)C(O)=C2O)cc1. The van der Waals surface area contributed by atoms with Gasteiger partial charge < -0.3 is 44.7 Å². The molecule has 1 aromatic rings. The van der Waals surface area contributed by atoms with Gasteiger partial charge >= 0.3 is 16.1 Å². The van der Waals surface area contributed by atoms with E-state index >= 15 is 0 Å². The third-order valence-corrected chi connectivity index (χ3v) is 5.61. The molecule has 0 aromatic heterocycles. The molecular formula is C17H22O12S. The molecule has 30 heavy (non-hydrogen) atoms. The Morgan fingerprint density at radius 2 is 1.70 bits per heavy atom. The van der Waals surface area contributed by atoms with E-state index in [1.165, 1.54) is 12.1 Å². The number of aliphatic hydroxyl groups is 7. The van der Waals surface area contributed by atoms with E-state index in [-0.39, 0.29) is 4.90 Å². The number of benzene rings is 1. The van der Waals surface area contributed by atoms with E-state index < -0.39 is 70.8 Å². The molecule has 1 aliphatic heterocycles. The molecule has 1 heterocycles. The fourth-order valence-corrected chi connectivity index (χ4v) is 3.48. The zero-order valence-electron chi connectivity index (χ0n) is 15.6. The van der Waals surface area contributed by atoms with E-state index in [9.17, 15) is 43.9 Å². The van der Waals surface area contributed by atoms with E-state index in [0.717, 1.165) is 17.7 Å². The number of carbonyl (C=O) groups is 1. The van der Waals surface area contributed by atoms with Crippen molar-refractivity contribution in [1.29, 1.82) is 0 Å². The van der Waals surface area contributed by atoms with E-state index in [1.807, 2.05) is 0 Å². The number of rotatable bonds is 7. The fourth-order valence-electron chi connectivity index (χ4n) is 2.61. The summed E-state index contributed by atoms with van der Waals surface area (Å²) in [5, 5.41) is 67.8. The number of aliphatic hydroxyl groups excluding tert-OH is 7. The first kappa shape index (κ1) is 24.0. The van der Waals surface area contributed by atoms with Gasteiger partial charge in [-0.05, 0) is 19.1 Å². The summed E-state index contributed by atoms with van der Waals surface area (Å²) in [6.07, 6.45) is -12.6. The van der Waals surface area contributed by atoms with E-state index in [4.69, 9.17) is 9.84 Å². The van der Waals surface area contributed by atoms with Crippen molar-refractivity contribution in [2.75, 3.05) is 6.61 Å². The van der Waals surface area contributed by atoms with Crippen molar-refractivity contribution in [3.05, 3.63) is 41.3 Å². The van der Waals surface area contributed by atoms with Crippen LogP contribution in [-0.2, 0) is 23.8 Å². The van der Waals surface area contributed by atoms with Gasteiger partial charge in [-0.2, -0.15) is 8.42 Å². The minimum atomic E-state index is -4.64. The number of hydrogen-bond donors (Lipinski definition) is 7. The summed E-state index contributed by atoms with van der Waals surface area (Å²) in [6.45, 7) is 0.719. The number of carbonyl (C=O) groups excluding carboxylic acids is 1. The van der Waals surface area contributed by atoms with Crippen molar-refractivity contribution < 1.29 is 57.9 Å². The van der Waals surface area contributed by atoms with Crippen LogP contribution in [0.4, 0.5) is 0 Å². The molecule has 0 saturated heterocycles. The lowest BCUT2D eigenvalue weighted by molar-refractivity contribution is -0.193. The van der Waals surface area contributed by atoms with Crippen LogP contribution in [0.1, 0.15) is 5.56 Å². The minimum absolute atomic E-state index is 0.386. The molecule has 1 aliphatic rings. The van der Waals surface area contributed by atoms with Gasteiger partial charge in [0.1, 0.15) is 35.4 Å². The van der Waals surface area contributed by atoms with Gasteiger partial charge in [0.2, 0.25) is 6.10 Å². The normalized spacial score (nSPS) is 25.5. The fraction of sp³-hybridized carbons (Fsp3) is 0.471. The molecule has 13 heteroatoms. The Labute approximate surface area is 171 Å². The average molecular weight is 450 g/mol. The summed E-state index contributed by atoms with van der Waals surface area (Å²) in [5.41, 5.74) is 0.732. The quantitative estimate of drug-likeness (QED) is 0.220. The van der Waals surface area contributed by atoms with Crippen LogP contribution in [0.2, 0.25) is 0 Å². The molecule has 0 spiro atoms. The zero-order valence-corrected chi connectivity index (χ0v) is 16.4. The largest absolute Gasteiger partial charge is 0.506 e. The van der Waals surface area contributed by atoms with Crippen molar-refractivity contribution in [3.8, 4) is 0 Å². The Balaban J connectivity index is 2.27. The maximum absolute atomic E-state index is 12.3. The van der Waals surface area contributed by atoms with Crippen LogP contribution in [-0.4, -0.2) is 93.4 Å². The van der Waals surface area contributed by atoms with Crippen LogP contribution in [0.15, 0.2) is 40.7 Å². The second-order valence-electron chi connectivity index (χ2n) is 6.60. The van der Waals surface area contributed by atoms with Crippen LogP contribution in [0.3, 0.4) is 0 Å². The van der Waals surface area contributed by atoms with Crippen LogP contribution < -0.4 is 0 Å². The van der Waals surface area contributed by atoms with Crippen LogP contribution in [0.5, 0.6) is 0 Å². The summed E-state index contributed by atoms with van der Waals surface area (Å²) in [7, 11) is -4.64. The Morgan fingerprint density at radius 1 is 1.13 bits per heavy atom. The van der Waals surface area contributed by atoms with Crippen LogP contribution >= 0.6 is 0 Å². The lowest BCUT2D eigenvalue weighted by Crippen LogP contribution is -2.56. The van der Waals surface area contributed by atoms with Gasteiger partial charge in [0.15, 0.2) is 11.5 Å². The highest BCUT2D eigenvalue weighted by Gasteiger charge is 2.48. The van der Waals surface area contributed by atoms with Gasteiger partial charge in [-0.15, -0.1) is 0 Å². The van der Waals surface area contributed by atoms with E-state index in [2.05, 4.69) is 4.18 Å². The second kappa shape index (κ2) is 9.26.